The molecule has 0 fully saturated rings. The molecule has 0 heterocycles. The Kier molecular flexibility index (Phi) is 4.65. The zero-order valence-electron chi connectivity index (χ0n) is 11.3. The van der Waals surface area contributed by atoms with Crippen LogP contribution >= 0.6 is 11.6 Å². The third kappa shape index (κ3) is 4.06. The van der Waals surface area contributed by atoms with Crippen molar-refractivity contribution in [2.24, 2.45) is 0 Å². The van der Waals surface area contributed by atoms with Crippen molar-refractivity contribution in [3.8, 4) is 0 Å². The predicted molar refractivity (Wildman–Crippen MR) is 84.4 cm³/mol. The number of ketones is 1. The molecule has 0 aromatic heterocycles. The summed E-state index contributed by atoms with van der Waals surface area (Å²) in [4.78, 5) is 12.3. The van der Waals surface area contributed by atoms with E-state index in [-0.39, 0.29) is 11.5 Å². The molecule has 21 heavy (non-hydrogen) atoms. The fourth-order valence-electron chi connectivity index (χ4n) is 1.74. The number of carbonyl (C=O) groups excluding carboxylic acids is 1. The molecule has 0 atom stereocenters. The number of hydrogen-bond acceptors (Lipinski definition) is 3. The van der Waals surface area contributed by atoms with Crippen LogP contribution in [0.4, 0.5) is 5.69 Å². The van der Waals surface area contributed by atoms with Crippen LogP contribution in [0.1, 0.15) is 22.8 Å². The zero-order chi connectivity index (χ0) is 15.5. The summed E-state index contributed by atoms with van der Waals surface area (Å²) in [6, 6.07) is 13.0. The van der Waals surface area contributed by atoms with Crippen LogP contribution in [-0.4, -0.2) is 20.0 Å². The molecule has 2 rings (SSSR count). The van der Waals surface area contributed by atoms with Crippen LogP contribution in [0.15, 0.2) is 48.5 Å². The Balaban J connectivity index is 2.21. The van der Waals surface area contributed by atoms with Crippen molar-refractivity contribution < 1.29 is 13.2 Å². The average Bonchev–Trinajstić information content (AvgIpc) is 2.47. The maximum absolute atomic E-state index is 12.3. The van der Waals surface area contributed by atoms with E-state index in [1.807, 2.05) is 0 Å². The van der Waals surface area contributed by atoms with Crippen molar-refractivity contribution in [2.75, 3.05) is 10.5 Å². The smallest absolute Gasteiger partial charge is 0.232 e. The van der Waals surface area contributed by atoms with Crippen molar-refractivity contribution in [1.29, 1.82) is 0 Å². The molecule has 1 N–H and O–H groups in total. The second-order valence-electron chi connectivity index (χ2n) is 4.42. The molecule has 0 saturated heterocycles. The summed E-state index contributed by atoms with van der Waals surface area (Å²) in [5, 5.41) is 0.494. The second kappa shape index (κ2) is 6.28. The normalized spacial score (nSPS) is 11.1. The molecular formula is C15H14ClNO3S. The van der Waals surface area contributed by atoms with Crippen LogP contribution in [-0.2, 0) is 10.0 Å². The molecule has 110 valence electrons. The van der Waals surface area contributed by atoms with Crippen LogP contribution in [0.25, 0.3) is 0 Å². The molecule has 2 aromatic carbocycles. The molecule has 6 heteroatoms. The van der Waals surface area contributed by atoms with Gasteiger partial charge in [0.25, 0.3) is 0 Å². The van der Waals surface area contributed by atoms with E-state index >= 15 is 0 Å². The quantitative estimate of drug-likeness (QED) is 0.858. The highest BCUT2D eigenvalue weighted by Crippen LogP contribution is 2.17. The summed E-state index contributed by atoms with van der Waals surface area (Å²) < 4.78 is 25.3. The van der Waals surface area contributed by atoms with Gasteiger partial charge in [-0.05, 0) is 43.3 Å². The van der Waals surface area contributed by atoms with E-state index in [9.17, 15) is 13.2 Å². The van der Waals surface area contributed by atoms with Gasteiger partial charge in [0.15, 0.2) is 5.78 Å². The minimum absolute atomic E-state index is 0.00377. The highest BCUT2D eigenvalue weighted by molar-refractivity contribution is 7.92. The standard InChI is InChI=1S/C15H14ClNO3S/c1-2-21(19,20)17-14-8-6-11(7-9-14)15(18)12-4-3-5-13(16)10-12/h3-10,17H,2H2,1H3. The average molecular weight is 324 g/mol. The first-order chi connectivity index (χ1) is 9.91. The number of sulfonamides is 1. The van der Waals surface area contributed by atoms with Gasteiger partial charge in [-0.3, -0.25) is 9.52 Å². The lowest BCUT2D eigenvalue weighted by Crippen LogP contribution is -2.14. The number of rotatable bonds is 5. The van der Waals surface area contributed by atoms with Gasteiger partial charge in [0.05, 0.1) is 5.75 Å². The van der Waals surface area contributed by atoms with Gasteiger partial charge in [-0.2, -0.15) is 0 Å². The summed E-state index contributed by atoms with van der Waals surface area (Å²) in [6.07, 6.45) is 0. The number of anilines is 1. The molecule has 0 bridgehead atoms. The molecule has 0 spiro atoms. The van der Waals surface area contributed by atoms with Crippen molar-refractivity contribution in [3.63, 3.8) is 0 Å². The van der Waals surface area contributed by atoms with Gasteiger partial charge in [-0.15, -0.1) is 0 Å². The summed E-state index contributed by atoms with van der Waals surface area (Å²) in [5.41, 5.74) is 1.39. The van der Waals surface area contributed by atoms with Gasteiger partial charge in [-0.25, -0.2) is 8.42 Å². The highest BCUT2D eigenvalue weighted by atomic mass is 35.5. The number of halogens is 1. The van der Waals surface area contributed by atoms with Gasteiger partial charge in [0, 0.05) is 21.8 Å². The first-order valence-corrected chi connectivity index (χ1v) is 8.35. The number of nitrogens with one attached hydrogen (secondary N) is 1. The Morgan fingerprint density at radius 1 is 1.10 bits per heavy atom. The summed E-state index contributed by atoms with van der Waals surface area (Å²) in [5.74, 6) is -0.168. The van der Waals surface area contributed by atoms with Gasteiger partial charge in [0.2, 0.25) is 10.0 Å². The fourth-order valence-corrected chi connectivity index (χ4v) is 2.57. The van der Waals surface area contributed by atoms with Crippen LogP contribution < -0.4 is 4.72 Å². The van der Waals surface area contributed by atoms with Gasteiger partial charge < -0.3 is 0 Å². The van der Waals surface area contributed by atoms with Crippen molar-refractivity contribution in [3.05, 3.63) is 64.7 Å². The minimum Gasteiger partial charge on any atom is -0.289 e. The van der Waals surface area contributed by atoms with E-state index in [0.717, 1.165) is 0 Å². The Bertz CT molecular complexity index is 755. The monoisotopic (exact) mass is 323 g/mol. The van der Waals surface area contributed by atoms with Crippen LogP contribution in [0.3, 0.4) is 0 Å². The molecule has 2 aromatic rings. The summed E-state index contributed by atoms with van der Waals surface area (Å²) in [7, 11) is -3.32. The zero-order valence-corrected chi connectivity index (χ0v) is 12.9. The van der Waals surface area contributed by atoms with E-state index in [1.165, 1.54) is 0 Å². The minimum atomic E-state index is -3.32. The van der Waals surface area contributed by atoms with Crippen molar-refractivity contribution >= 4 is 33.1 Å². The van der Waals surface area contributed by atoms with Crippen LogP contribution in [0.2, 0.25) is 5.02 Å². The molecule has 0 unspecified atom stereocenters. The third-order valence-corrected chi connectivity index (χ3v) is 4.43. The van der Waals surface area contributed by atoms with Crippen LogP contribution in [0.5, 0.6) is 0 Å². The first kappa shape index (κ1) is 15.5. The fraction of sp³-hybridized carbons (Fsp3) is 0.133. The highest BCUT2D eigenvalue weighted by Gasteiger charge is 2.11. The maximum atomic E-state index is 12.3. The van der Waals surface area contributed by atoms with E-state index in [0.29, 0.717) is 21.8 Å². The molecule has 0 amide bonds. The van der Waals surface area contributed by atoms with E-state index in [1.54, 1.807) is 55.5 Å². The summed E-state index contributed by atoms with van der Waals surface area (Å²) in [6.45, 7) is 1.55. The van der Waals surface area contributed by atoms with Crippen molar-refractivity contribution in [2.45, 2.75) is 6.92 Å². The first-order valence-electron chi connectivity index (χ1n) is 6.32. The number of carbonyl (C=O) groups is 1. The summed E-state index contributed by atoms with van der Waals surface area (Å²) >= 11 is 5.86. The maximum Gasteiger partial charge on any atom is 0.232 e. The topological polar surface area (TPSA) is 63.2 Å². The second-order valence-corrected chi connectivity index (χ2v) is 6.87. The van der Waals surface area contributed by atoms with E-state index in [4.69, 9.17) is 11.6 Å². The SMILES string of the molecule is CCS(=O)(=O)Nc1ccc(C(=O)c2cccc(Cl)c2)cc1. The third-order valence-electron chi connectivity index (χ3n) is 2.89. The Hall–Kier alpha value is -1.85. The molecule has 0 saturated carbocycles. The molecule has 4 nitrogen and oxygen atoms in total. The Morgan fingerprint density at radius 3 is 2.33 bits per heavy atom. The van der Waals surface area contributed by atoms with Crippen LogP contribution in [0, 0.1) is 0 Å². The molecule has 0 aliphatic rings. The molecule has 0 aliphatic carbocycles. The molecule has 0 radical (unpaired) electrons. The van der Waals surface area contributed by atoms with Gasteiger partial charge in [-0.1, -0.05) is 23.7 Å². The van der Waals surface area contributed by atoms with Gasteiger partial charge in [0.1, 0.15) is 0 Å². The lowest BCUT2D eigenvalue weighted by atomic mass is 10.0. The number of benzene rings is 2. The predicted octanol–water partition coefficient (Wildman–Crippen LogP) is 3.33. The van der Waals surface area contributed by atoms with Gasteiger partial charge >= 0.3 is 0 Å². The van der Waals surface area contributed by atoms with Crippen molar-refractivity contribution in [1.82, 2.24) is 0 Å². The number of hydrogen-bond donors (Lipinski definition) is 1. The van der Waals surface area contributed by atoms with E-state index in [2.05, 4.69) is 4.72 Å². The molecule has 0 aliphatic heterocycles. The largest absolute Gasteiger partial charge is 0.289 e. The lowest BCUT2D eigenvalue weighted by molar-refractivity contribution is 0.103. The molecular weight excluding hydrogens is 310 g/mol. The van der Waals surface area contributed by atoms with E-state index < -0.39 is 10.0 Å². The lowest BCUT2D eigenvalue weighted by Gasteiger charge is -2.07. The Morgan fingerprint density at radius 2 is 1.76 bits per heavy atom. The Labute approximate surface area is 128 Å².